The summed E-state index contributed by atoms with van der Waals surface area (Å²) in [6.45, 7) is 5.78. The smallest absolute Gasteiger partial charge is 0.256 e. The van der Waals surface area contributed by atoms with Crippen LogP contribution in [0, 0.1) is 0 Å². The van der Waals surface area contributed by atoms with Gasteiger partial charge in [-0.3, -0.25) is 9.78 Å². The number of nitrogens with zero attached hydrogens (tertiary/aromatic N) is 3. The molecule has 2 aromatic heterocycles. The number of benzene rings is 1. The molecule has 2 atom stereocenters. The maximum Gasteiger partial charge on any atom is 0.256 e. The van der Waals surface area contributed by atoms with Gasteiger partial charge in [0.25, 0.3) is 5.91 Å². The first-order valence-electron chi connectivity index (χ1n) is 10.6. The molecule has 1 N–H and O–H groups in total. The molecule has 2 aliphatic rings. The Labute approximate surface area is 176 Å². The molecule has 5 rings (SSSR count). The topological polar surface area (TPSA) is 67.4 Å². The third kappa shape index (κ3) is 3.87. The number of carbonyl (C=O) groups excluding carboxylic acids is 1. The van der Waals surface area contributed by atoms with Gasteiger partial charge >= 0.3 is 0 Å². The predicted octanol–water partition coefficient (Wildman–Crippen LogP) is 4.37. The number of aromatic nitrogens is 2. The van der Waals surface area contributed by atoms with E-state index in [0.29, 0.717) is 17.2 Å². The van der Waals surface area contributed by atoms with Crippen LogP contribution in [0.4, 0.5) is 11.5 Å². The number of nitrogens with one attached hydrogen (secondary N) is 1. The largest absolute Gasteiger partial charge is 0.372 e. The van der Waals surface area contributed by atoms with Crippen LogP contribution in [-0.4, -0.2) is 41.2 Å². The zero-order chi connectivity index (χ0) is 20.7. The van der Waals surface area contributed by atoms with Crippen LogP contribution >= 0.6 is 0 Å². The Balaban J connectivity index is 1.37. The van der Waals surface area contributed by atoms with Crippen LogP contribution in [0.25, 0.3) is 10.9 Å². The highest BCUT2D eigenvalue weighted by Crippen LogP contribution is 2.40. The molecule has 3 heterocycles. The maximum absolute atomic E-state index is 13.1. The van der Waals surface area contributed by atoms with Gasteiger partial charge in [0, 0.05) is 30.1 Å². The molecule has 2 unspecified atom stereocenters. The van der Waals surface area contributed by atoms with Crippen molar-refractivity contribution in [2.75, 3.05) is 23.3 Å². The van der Waals surface area contributed by atoms with Gasteiger partial charge < -0.3 is 15.0 Å². The van der Waals surface area contributed by atoms with Gasteiger partial charge in [-0.2, -0.15) is 0 Å². The van der Waals surface area contributed by atoms with Gasteiger partial charge in [0.05, 0.1) is 35.2 Å². The Morgan fingerprint density at radius 1 is 1.10 bits per heavy atom. The predicted molar refractivity (Wildman–Crippen MR) is 118 cm³/mol. The minimum atomic E-state index is -0.126. The third-order valence-electron chi connectivity index (χ3n) is 5.73. The van der Waals surface area contributed by atoms with Crippen molar-refractivity contribution in [1.82, 2.24) is 9.97 Å². The molecule has 1 saturated heterocycles. The van der Waals surface area contributed by atoms with Crippen molar-refractivity contribution in [3.05, 3.63) is 59.9 Å². The molecule has 1 saturated carbocycles. The lowest BCUT2D eigenvalue weighted by atomic mass is 10.1. The van der Waals surface area contributed by atoms with E-state index in [0.717, 1.165) is 48.3 Å². The van der Waals surface area contributed by atoms with E-state index in [1.165, 1.54) is 0 Å². The molecule has 154 valence electrons. The molecular formula is C24H26N4O2. The molecule has 0 radical (unpaired) electrons. The average Bonchev–Trinajstić information content (AvgIpc) is 3.58. The first kappa shape index (κ1) is 19.0. The summed E-state index contributed by atoms with van der Waals surface area (Å²) in [5.41, 5.74) is 3.24. The zero-order valence-electron chi connectivity index (χ0n) is 17.3. The Morgan fingerprint density at radius 3 is 2.57 bits per heavy atom. The molecule has 1 aliphatic heterocycles. The fourth-order valence-corrected chi connectivity index (χ4v) is 4.18. The minimum Gasteiger partial charge on any atom is -0.372 e. The summed E-state index contributed by atoms with van der Waals surface area (Å²) >= 11 is 0. The van der Waals surface area contributed by atoms with Crippen molar-refractivity contribution in [2.24, 2.45) is 0 Å². The standard InChI is InChI=1S/C24H26N4O2/c1-15-13-28(14-16(2)30-15)23-10-9-18(12-25-23)26-24(29)20-11-22(17-7-8-17)27-21-6-4-3-5-19(20)21/h3-6,9-12,15-17H,7-8,13-14H2,1-2H3,(H,26,29). The van der Waals surface area contributed by atoms with Crippen LogP contribution < -0.4 is 10.2 Å². The number of morpholine rings is 1. The van der Waals surface area contributed by atoms with Crippen molar-refractivity contribution in [3.8, 4) is 0 Å². The van der Waals surface area contributed by atoms with Gasteiger partial charge in [0.1, 0.15) is 5.82 Å². The molecule has 6 nitrogen and oxygen atoms in total. The number of ether oxygens (including phenoxy) is 1. The van der Waals surface area contributed by atoms with Gasteiger partial charge in [-0.15, -0.1) is 0 Å². The van der Waals surface area contributed by atoms with Crippen LogP contribution in [-0.2, 0) is 4.74 Å². The molecule has 1 aliphatic carbocycles. The lowest BCUT2D eigenvalue weighted by Crippen LogP contribution is -2.45. The van der Waals surface area contributed by atoms with Gasteiger partial charge in [0.15, 0.2) is 0 Å². The Morgan fingerprint density at radius 2 is 1.87 bits per heavy atom. The Bertz CT molecular complexity index is 1070. The highest BCUT2D eigenvalue weighted by atomic mass is 16.5. The van der Waals surface area contributed by atoms with E-state index in [9.17, 15) is 4.79 Å². The second-order valence-corrected chi connectivity index (χ2v) is 8.41. The van der Waals surface area contributed by atoms with E-state index in [1.807, 2.05) is 42.5 Å². The van der Waals surface area contributed by atoms with E-state index in [1.54, 1.807) is 6.20 Å². The summed E-state index contributed by atoms with van der Waals surface area (Å²) in [6.07, 6.45) is 4.38. The molecule has 30 heavy (non-hydrogen) atoms. The Kier molecular flexibility index (Phi) is 4.87. The van der Waals surface area contributed by atoms with Crippen molar-refractivity contribution in [1.29, 1.82) is 0 Å². The molecule has 3 aromatic rings. The van der Waals surface area contributed by atoms with E-state index < -0.39 is 0 Å². The number of fused-ring (bicyclic) bond motifs is 1. The lowest BCUT2D eigenvalue weighted by molar-refractivity contribution is -0.00545. The number of anilines is 2. The van der Waals surface area contributed by atoms with Gasteiger partial charge in [-0.05, 0) is 51.0 Å². The normalized spacial score (nSPS) is 21.6. The quantitative estimate of drug-likeness (QED) is 0.702. The van der Waals surface area contributed by atoms with E-state index in [2.05, 4.69) is 29.0 Å². The first-order chi connectivity index (χ1) is 14.6. The Hall–Kier alpha value is -2.99. The SMILES string of the molecule is CC1CN(c2ccc(NC(=O)c3cc(C4CC4)nc4ccccc34)cn2)CC(C)O1. The number of carbonyl (C=O) groups is 1. The van der Waals surface area contributed by atoms with E-state index in [4.69, 9.17) is 9.72 Å². The molecule has 0 bridgehead atoms. The van der Waals surface area contributed by atoms with Crippen LogP contribution in [0.2, 0.25) is 0 Å². The number of hydrogen-bond donors (Lipinski definition) is 1. The van der Waals surface area contributed by atoms with Gasteiger partial charge in [-0.1, -0.05) is 18.2 Å². The molecule has 6 heteroatoms. The summed E-state index contributed by atoms with van der Waals surface area (Å²) in [5.74, 6) is 1.26. The maximum atomic E-state index is 13.1. The third-order valence-corrected chi connectivity index (χ3v) is 5.73. The van der Waals surface area contributed by atoms with Crippen molar-refractivity contribution >= 4 is 28.3 Å². The summed E-state index contributed by atoms with van der Waals surface area (Å²) in [4.78, 5) is 24.7. The summed E-state index contributed by atoms with van der Waals surface area (Å²) in [6, 6.07) is 13.7. The minimum absolute atomic E-state index is 0.126. The second kappa shape index (κ2) is 7.69. The monoisotopic (exact) mass is 402 g/mol. The summed E-state index contributed by atoms with van der Waals surface area (Å²) in [5, 5.41) is 3.89. The fourth-order valence-electron chi connectivity index (χ4n) is 4.18. The number of para-hydroxylation sites is 1. The van der Waals surface area contributed by atoms with Crippen molar-refractivity contribution in [3.63, 3.8) is 0 Å². The van der Waals surface area contributed by atoms with Crippen LogP contribution in [0.1, 0.15) is 48.7 Å². The number of amides is 1. The molecule has 2 fully saturated rings. The zero-order valence-corrected chi connectivity index (χ0v) is 17.3. The summed E-state index contributed by atoms with van der Waals surface area (Å²) < 4.78 is 5.80. The van der Waals surface area contributed by atoms with Gasteiger partial charge in [-0.25, -0.2) is 4.98 Å². The van der Waals surface area contributed by atoms with E-state index in [-0.39, 0.29) is 18.1 Å². The highest BCUT2D eigenvalue weighted by Gasteiger charge is 2.27. The number of pyridine rings is 2. The van der Waals surface area contributed by atoms with Crippen molar-refractivity contribution in [2.45, 2.75) is 44.8 Å². The number of hydrogen-bond acceptors (Lipinski definition) is 5. The molecule has 1 amide bonds. The molecule has 1 aromatic carbocycles. The number of rotatable bonds is 4. The van der Waals surface area contributed by atoms with E-state index >= 15 is 0 Å². The lowest BCUT2D eigenvalue weighted by Gasteiger charge is -2.36. The summed E-state index contributed by atoms with van der Waals surface area (Å²) in [7, 11) is 0. The van der Waals surface area contributed by atoms with Crippen LogP contribution in [0.3, 0.4) is 0 Å². The van der Waals surface area contributed by atoms with Crippen LogP contribution in [0.5, 0.6) is 0 Å². The molecular weight excluding hydrogens is 376 g/mol. The average molecular weight is 402 g/mol. The second-order valence-electron chi connectivity index (χ2n) is 8.41. The van der Waals surface area contributed by atoms with Crippen molar-refractivity contribution < 1.29 is 9.53 Å². The highest BCUT2D eigenvalue weighted by molar-refractivity contribution is 6.12. The fraction of sp³-hybridized carbons (Fsp3) is 0.375. The first-order valence-corrected chi connectivity index (χ1v) is 10.6. The van der Waals surface area contributed by atoms with Crippen LogP contribution in [0.15, 0.2) is 48.7 Å². The molecule has 0 spiro atoms. The van der Waals surface area contributed by atoms with Gasteiger partial charge in [0.2, 0.25) is 0 Å².